The van der Waals surface area contributed by atoms with E-state index in [1.54, 1.807) is 15.8 Å². The summed E-state index contributed by atoms with van der Waals surface area (Å²) in [6.45, 7) is 6.74. The van der Waals surface area contributed by atoms with Gasteiger partial charge in [0.1, 0.15) is 40.5 Å². The molecule has 0 saturated carbocycles. The standard InChI is InChI=1S/C28H27N9O3/c1-4-25(38)37-11-9-19(10-12-37)40-28-29-15-22-26(33-28)27(31-16-30-22)32-18-5-8-24(17(2)13-18)39-20-6-7-23-21(14-20)34-35-36(23)3/h4-8,13-16,19H,1,9-12H2,2-3H3,(H,30,31,32). The largest absolute Gasteiger partial charge is 0.460 e. The molecule has 1 amide bonds. The number of likely N-dealkylation sites (tertiary alicyclic amines) is 1. The van der Waals surface area contributed by atoms with Crippen molar-refractivity contribution < 1.29 is 14.3 Å². The summed E-state index contributed by atoms with van der Waals surface area (Å²) < 4.78 is 13.9. The number of anilines is 2. The van der Waals surface area contributed by atoms with E-state index >= 15 is 0 Å². The molecule has 4 heterocycles. The van der Waals surface area contributed by atoms with E-state index in [4.69, 9.17) is 9.47 Å². The topological polar surface area (TPSA) is 133 Å². The van der Waals surface area contributed by atoms with E-state index in [1.165, 1.54) is 12.4 Å². The van der Waals surface area contributed by atoms with E-state index in [-0.39, 0.29) is 18.0 Å². The maximum Gasteiger partial charge on any atom is 0.317 e. The normalized spacial score (nSPS) is 13.9. The van der Waals surface area contributed by atoms with Crippen molar-refractivity contribution in [3.63, 3.8) is 0 Å². The summed E-state index contributed by atoms with van der Waals surface area (Å²) in [4.78, 5) is 31.2. The average Bonchev–Trinajstić information content (AvgIpc) is 3.34. The summed E-state index contributed by atoms with van der Waals surface area (Å²) >= 11 is 0. The van der Waals surface area contributed by atoms with Crippen molar-refractivity contribution in [2.75, 3.05) is 18.4 Å². The van der Waals surface area contributed by atoms with E-state index in [2.05, 4.69) is 42.1 Å². The molecule has 2 aromatic carbocycles. The third-order valence-corrected chi connectivity index (χ3v) is 6.80. The van der Waals surface area contributed by atoms with Gasteiger partial charge < -0.3 is 19.7 Å². The fourth-order valence-corrected chi connectivity index (χ4v) is 4.65. The Hall–Kier alpha value is -5.13. The van der Waals surface area contributed by atoms with Crippen LogP contribution in [0.4, 0.5) is 11.5 Å². The molecule has 1 aliphatic heterocycles. The number of fused-ring (bicyclic) bond motifs is 2. The van der Waals surface area contributed by atoms with Crippen molar-refractivity contribution in [3.8, 4) is 17.5 Å². The average molecular weight is 538 g/mol. The number of carbonyl (C=O) groups is 1. The van der Waals surface area contributed by atoms with Crippen LogP contribution in [0.3, 0.4) is 0 Å². The first-order valence-corrected chi connectivity index (χ1v) is 12.9. The summed E-state index contributed by atoms with van der Waals surface area (Å²) in [5.74, 6) is 1.87. The minimum absolute atomic E-state index is 0.0633. The molecule has 5 aromatic rings. The van der Waals surface area contributed by atoms with Crippen LogP contribution in [0.5, 0.6) is 17.5 Å². The number of amides is 1. The first kappa shape index (κ1) is 25.2. The molecule has 1 N–H and O–H groups in total. The first-order chi connectivity index (χ1) is 19.5. The summed E-state index contributed by atoms with van der Waals surface area (Å²) in [5.41, 5.74) is 4.58. The number of benzene rings is 2. The Morgan fingerprint density at radius 2 is 1.95 bits per heavy atom. The SMILES string of the molecule is C=CC(=O)N1CCC(Oc2ncc3ncnc(Nc4ccc(Oc5ccc6c(c5)nnn6C)c(C)c4)c3n2)CC1. The van der Waals surface area contributed by atoms with E-state index in [9.17, 15) is 4.79 Å². The Morgan fingerprint density at radius 3 is 2.75 bits per heavy atom. The zero-order chi connectivity index (χ0) is 27.6. The number of hydrogen-bond donors (Lipinski definition) is 1. The molecular formula is C28H27N9O3. The predicted molar refractivity (Wildman–Crippen MR) is 149 cm³/mol. The molecule has 0 bridgehead atoms. The van der Waals surface area contributed by atoms with Gasteiger partial charge in [0, 0.05) is 44.7 Å². The quantitative estimate of drug-likeness (QED) is 0.303. The molecule has 1 saturated heterocycles. The number of ether oxygens (including phenoxy) is 2. The lowest BCUT2D eigenvalue weighted by Crippen LogP contribution is -2.41. The lowest BCUT2D eigenvalue weighted by molar-refractivity contribution is -0.127. The summed E-state index contributed by atoms with van der Waals surface area (Å²) in [6.07, 6.45) is 5.72. The lowest BCUT2D eigenvalue weighted by atomic mass is 10.1. The molecule has 40 heavy (non-hydrogen) atoms. The first-order valence-electron chi connectivity index (χ1n) is 12.9. The van der Waals surface area contributed by atoms with Gasteiger partial charge >= 0.3 is 6.01 Å². The van der Waals surface area contributed by atoms with Crippen LogP contribution in [-0.2, 0) is 11.8 Å². The molecule has 0 radical (unpaired) electrons. The molecule has 12 heteroatoms. The van der Waals surface area contributed by atoms with Gasteiger partial charge in [-0.15, -0.1) is 5.10 Å². The number of aromatic nitrogens is 7. The number of piperidine rings is 1. The van der Waals surface area contributed by atoms with Crippen LogP contribution in [0.15, 0.2) is 61.6 Å². The van der Waals surface area contributed by atoms with Crippen LogP contribution < -0.4 is 14.8 Å². The van der Waals surface area contributed by atoms with Gasteiger partial charge in [0.15, 0.2) is 5.82 Å². The number of nitrogens with zero attached hydrogens (tertiary/aromatic N) is 8. The lowest BCUT2D eigenvalue weighted by Gasteiger charge is -2.30. The molecule has 0 aliphatic carbocycles. The second-order valence-corrected chi connectivity index (χ2v) is 9.53. The zero-order valence-electron chi connectivity index (χ0n) is 22.1. The number of aryl methyl sites for hydroxylation is 2. The minimum Gasteiger partial charge on any atom is -0.460 e. The van der Waals surface area contributed by atoms with Gasteiger partial charge in [-0.2, -0.15) is 4.98 Å². The highest BCUT2D eigenvalue weighted by molar-refractivity contribution is 5.87. The fraction of sp³-hybridized carbons (Fsp3) is 0.250. The highest BCUT2D eigenvalue weighted by Gasteiger charge is 2.23. The number of carbonyl (C=O) groups excluding carboxylic acids is 1. The molecule has 12 nitrogen and oxygen atoms in total. The molecule has 0 atom stereocenters. The maximum absolute atomic E-state index is 11.8. The van der Waals surface area contributed by atoms with Gasteiger partial charge in [0.2, 0.25) is 5.91 Å². The van der Waals surface area contributed by atoms with Crippen LogP contribution in [-0.4, -0.2) is 64.9 Å². The number of hydrogen-bond acceptors (Lipinski definition) is 10. The summed E-state index contributed by atoms with van der Waals surface area (Å²) in [5, 5.41) is 11.5. The van der Waals surface area contributed by atoms with Crippen LogP contribution in [0, 0.1) is 6.92 Å². The number of rotatable bonds is 7. The predicted octanol–water partition coefficient (Wildman–Crippen LogP) is 4.10. The second-order valence-electron chi connectivity index (χ2n) is 9.53. The van der Waals surface area contributed by atoms with Crippen molar-refractivity contribution in [2.45, 2.75) is 25.9 Å². The molecule has 1 fully saturated rings. The summed E-state index contributed by atoms with van der Waals surface area (Å²) in [7, 11) is 1.85. The molecule has 0 unspecified atom stereocenters. The highest BCUT2D eigenvalue weighted by atomic mass is 16.5. The van der Waals surface area contributed by atoms with E-state index in [0.29, 0.717) is 48.5 Å². The van der Waals surface area contributed by atoms with Crippen LogP contribution in [0.2, 0.25) is 0 Å². The molecule has 3 aromatic heterocycles. The zero-order valence-corrected chi connectivity index (χ0v) is 22.1. The molecule has 0 spiro atoms. The monoisotopic (exact) mass is 537 g/mol. The van der Waals surface area contributed by atoms with Gasteiger partial charge in [0.25, 0.3) is 0 Å². The van der Waals surface area contributed by atoms with Crippen LogP contribution in [0.1, 0.15) is 18.4 Å². The van der Waals surface area contributed by atoms with Crippen LogP contribution >= 0.6 is 0 Å². The molecule has 202 valence electrons. The Bertz CT molecular complexity index is 1730. The third kappa shape index (κ3) is 5.10. The number of nitrogens with one attached hydrogen (secondary N) is 1. The Labute approximate surface area is 229 Å². The Kier molecular flexibility index (Phi) is 6.64. The fourth-order valence-electron chi connectivity index (χ4n) is 4.65. The third-order valence-electron chi connectivity index (χ3n) is 6.80. The minimum atomic E-state index is -0.0859. The second kappa shape index (κ2) is 10.6. The van der Waals surface area contributed by atoms with Crippen LogP contribution in [0.25, 0.3) is 22.1 Å². The smallest absolute Gasteiger partial charge is 0.317 e. The van der Waals surface area contributed by atoms with E-state index in [1.807, 2.05) is 50.4 Å². The van der Waals surface area contributed by atoms with E-state index in [0.717, 1.165) is 28.0 Å². The van der Waals surface area contributed by atoms with Gasteiger partial charge in [-0.05, 0) is 48.9 Å². The van der Waals surface area contributed by atoms with Crippen molar-refractivity contribution in [3.05, 3.63) is 67.1 Å². The molecule has 1 aliphatic rings. The van der Waals surface area contributed by atoms with Crippen molar-refractivity contribution in [1.82, 2.24) is 39.8 Å². The van der Waals surface area contributed by atoms with Crippen molar-refractivity contribution in [1.29, 1.82) is 0 Å². The molecular weight excluding hydrogens is 510 g/mol. The summed E-state index contributed by atoms with van der Waals surface area (Å²) in [6, 6.07) is 11.7. The van der Waals surface area contributed by atoms with Gasteiger partial charge in [0.05, 0.1) is 11.7 Å². The van der Waals surface area contributed by atoms with Gasteiger partial charge in [-0.3, -0.25) is 4.79 Å². The molecule has 6 rings (SSSR count). The maximum atomic E-state index is 11.8. The van der Waals surface area contributed by atoms with E-state index < -0.39 is 0 Å². The Morgan fingerprint density at radius 1 is 1.10 bits per heavy atom. The van der Waals surface area contributed by atoms with Gasteiger partial charge in [-0.25, -0.2) is 19.6 Å². The highest BCUT2D eigenvalue weighted by Crippen LogP contribution is 2.31. The van der Waals surface area contributed by atoms with Gasteiger partial charge in [-0.1, -0.05) is 11.8 Å². The Balaban J connectivity index is 1.17. The van der Waals surface area contributed by atoms with Crippen molar-refractivity contribution >= 4 is 39.5 Å². The van der Waals surface area contributed by atoms with Crippen molar-refractivity contribution in [2.24, 2.45) is 7.05 Å².